The van der Waals surface area contributed by atoms with Crippen LogP contribution in [0.2, 0.25) is 10.3 Å². The summed E-state index contributed by atoms with van der Waals surface area (Å²) in [5.41, 5.74) is 0.311. The van der Waals surface area contributed by atoms with Crippen LogP contribution in [-0.4, -0.2) is 40.1 Å². The molecule has 6 heteroatoms. The lowest BCUT2D eigenvalue weighted by molar-refractivity contribution is 0.0268. The maximum Gasteiger partial charge on any atom is 0.257 e. The first-order chi connectivity index (χ1) is 9.00. The molecule has 2 unspecified atom stereocenters. The van der Waals surface area contributed by atoms with Gasteiger partial charge in [-0.05, 0) is 25.0 Å². The van der Waals surface area contributed by atoms with Gasteiger partial charge in [-0.15, -0.1) is 0 Å². The lowest BCUT2D eigenvalue weighted by Gasteiger charge is -2.35. The molecule has 2 rings (SSSR count). The third kappa shape index (κ3) is 3.19. The van der Waals surface area contributed by atoms with Crippen LogP contribution in [0.4, 0.5) is 0 Å². The van der Waals surface area contributed by atoms with Crippen molar-refractivity contribution >= 4 is 29.1 Å². The average Bonchev–Trinajstić information content (AvgIpc) is 2.38. The summed E-state index contributed by atoms with van der Waals surface area (Å²) in [5.74, 6) is -0.236. The first-order valence-electron chi connectivity index (χ1n) is 6.28. The van der Waals surface area contributed by atoms with E-state index in [-0.39, 0.29) is 22.3 Å². The number of rotatable bonds is 2. The van der Waals surface area contributed by atoms with Crippen LogP contribution in [0.1, 0.15) is 36.0 Å². The summed E-state index contributed by atoms with van der Waals surface area (Å²) in [6.07, 6.45) is 3.09. The largest absolute Gasteiger partial charge is 0.391 e. The predicted octanol–water partition coefficient (Wildman–Crippen LogP) is 2.76. The first kappa shape index (κ1) is 14.6. The van der Waals surface area contributed by atoms with Crippen molar-refractivity contribution in [3.05, 3.63) is 28.0 Å². The fourth-order valence-corrected chi connectivity index (χ4v) is 2.88. The Morgan fingerprint density at radius 1 is 1.37 bits per heavy atom. The van der Waals surface area contributed by atoms with Gasteiger partial charge in [0, 0.05) is 7.05 Å². The van der Waals surface area contributed by atoms with Gasteiger partial charge in [0.25, 0.3) is 5.91 Å². The summed E-state index contributed by atoms with van der Waals surface area (Å²) in [7, 11) is 1.69. The van der Waals surface area contributed by atoms with Crippen molar-refractivity contribution in [2.75, 3.05) is 7.05 Å². The summed E-state index contributed by atoms with van der Waals surface area (Å²) in [6, 6.07) is 2.94. The monoisotopic (exact) mass is 302 g/mol. The zero-order valence-corrected chi connectivity index (χ0v) is 12.2. The zero-order valence-electron chi connectivity index (χ0n) is 10.6. The molecule has 0 radical (unpaired) electrons. The third-order valence-electron chi connectivity index (χ3n) is 3.56. The number of likely N-dealkylation sites (N-methyl/N-ethyl adjacent to an activating group) is 1. The van der Waals surface area contributed by atoms with Gasteiger partial charge in [-0.25, -0.2) is 4.98 Å². The minimum Gasteiger partial charge on any atom is -0.391 e. The van der Waals surface area contributed by atoms with E-state index in [1.165, 1.54) is 6.07 Å². The minimum atomic E-state index is -0.471. The highest BCUT2D eigenvalue weighted by atomic mass is 35.5. The highest BCUT2D eigenvalue weighted by Crippen LogP contribution is 2.25. The van der Waals surface area contributed by atoms with E-state index in [0.717, 1.165) is 25.7 Å². The molecule has 0 spiro atoms. The Morgan fingerprint density at radius 2 is 2.05 bits per heavy atom. The molecule has 1 amide bonds. The molecule has 0 bridgehead atoms. The van der Waals surface area contributed by atoms with Gasteiger partial charge in [-0.2, -0.15) is 0 Å². The summed E-state index contributed by atoms with van der Waals surface area (Å²) >= 11 is 11.7. The summed E-state index contributed by atoms with van der Waals surface area (Å²) in [4.78, 5) is 17.8. The van der Waals surface area contributed by atoms with Gasteiger partial charge in [0.2, 0.25) is 0 Å². The van der Waals surface area contributed by atoms with Crippen LogP contribution in [0.5, 0.6) is 0 Å². The predicted molar refractivity (Wildman–Crippen MR) is 74.6 cm³/mol. The maximum absolute atomic E-state index is 12.4. The number of carbonyl (C=O) groups excluding carboxylic acids is 1. The highest BCUT2D eigenvalue weighted by molar-refractivity contribution is 6.34. The summed E-state index contributed by atoms with van der Waals surface area (Å²) in [5, 5.41) is 10.3. The van der Waals surface area contributed by atoms with Crippen LogP contribution in [0.15, 0.2) is 12.1 Å². The van der Waals surface area contributed by atoms with E-state index in [4.69, 9.17) is 23.2 Å². The van der Waals surface area contributed by atoms with Crippen LogP contribution in [0, 0.1) is 0 Å². The lowest BCUT2D eigenvalue weighted by atomic mass is 9.91. The SMILES string of the molecule is CN(C(=O)c1ccc(Cl)nc1Cl)C1CCCCC1O. The quantitative estimate of drug-likeness (QED) is 0.855. The molecule has 1 fully saturated rings. The highest BCUT2D eigenvalue weighted by Gasteiger charge is 2.30. The van der Waals surface area contributed by atoms with Gasteiger partial charge in [-0.3, -0.25) is 4.79 Å². The van der Waals surface area contributed by atoms with Crippen LogP contribution >= 0.6 is 23.2 Å². The number of halogens is 2. The van der Waals surface area contributed by atoms with Gasteiger partial charge >= 0.3 is 0 Å². The van der Waals surface area contributed by atoms with Crippen LogP contribution in [0.3, 0.4) is 0 Å². The Hall–Kier alpha value is -0.840. The van der Waals surface area contributed by atoms with Gasteiger partial charge in [0.05, 0.1) is 17.7 Å². The number of nitrogens with zero attached hydrogens (tertiary/aromatic N) is 2. The van der Waals surface area contributed by atoms with Crippen molar-refractivity contribution in [1.82, 2.24) is 9.88 Å². The molecule has 4 nitrogen and oxygen atoms in total. The van der Waals surface area contributed by atoms with Gasteiger partial charge in [0.15, 0.2) is 0 Å². The van der Waals surface area contributed by atoms with Gasteiger partial charge in [-0.1, -0.05) is 36.0 Å². The van der Waals surface area contributed by atoms with E-state index in [9.17, 15) is 9.90 Å². The number of carbonyl (C=O) groups is 1. The van der Waals surface area contributed by atoms with E-state index in [2.05, 4.69) is 4.98 Å². The molecular weight excluding hydrogens is 287 g/mol. The standard InChI is InChI=1S/C13H16Cl2N2O2/c1-17(9-4-2-3-5-10(9)18)13(19)8-6-7-11(14)16-12(8)15/h6-7,9-10,18H,2-5H2,1H3. The van der Waals surface area contributed by atoms with E-state index in [0.29, 0.717) is 5.56 Å². The zero-order chi connectivity index (χ0) is 14.0. The van der Waals surface area contributed by atoms with Gasteiger partial charge < -0.3 is 10.0 Å². The van der Waals surface area contributed by atoms with Crippen molar-refractivity contribution in [2.45, 2.75) is 37.8 Å². The Kier molecular flexibility index (Phi) is 4.66. The summed E-state index contributed by atoms with van der Waals surface area (Å²) < 4.78 is 0. The Bertz CT molecular complexity index is 482. The van der Waals surface area contributed by atoms with E-state index >= 15 is 0 Å². The molecule has 1 N–H and O–H groups in total. The second-order valence-corrected chi connectivity index (χ2v) is 5.55. The van der Waals surface area contributed by atoms with Crippen molar-refractivity contribution in [1.29, 1.82) is 0 Å². The number of hydrogen-bond acceptors (Lipinski definition) is 3. The smallest absolute Gasteiger partial charge is 0.257 e. The van der Waals surface area contributed by atoms with E-state index < -0.39 is 6.10 Å². The second-order valence-electron chi connectivity index (χ2n) is 4.81. The molecule has 1 aliphatic carbocycles. The Labute approximate surface area is 122 Å². The fourth-order valence-electron chi connectivity index (χ4n) is 2.46. The fraction of sp³-hybridized carbons (Fsp3) is 0.538. The molecule has 1 heterocycles. The molecular formula is C13H16Cl2N2O2. The molecule has 1 saturated carbocycles. The number of aliphatic hydroxyl groups excluding tert-OH is 1. The minimum absolute atomic E-state index is 0.0923. The molecule has 0 aliphatic heterocycles. The summed E-state index contributed by atoms with van der Waals surface area (Å²) in [6.45, 7) is 0. The van der Waals surface area contributed by atoms with Gasteiger partial charge in [0.1, 0.15) is 10.3 Å². The third-order valence-corrected chi connectivity index (χ3v) is 4.06. The average molecular weight is 303 g/mol. The van der Waals surface area contributed by atoms with Crippen LogP contribution in [0.25, 0.3) is 0 Å². The second kappa shape index (κ2) is 6.07. The Balaban J connectivity index is 2.18. The van der Waals surface area contributed by atoms with Crippen LogP contribution in [-0.2, 0) is 0 Å². The molecule has 2 atom stereocenters. The topological polar surface area (TPSA) is 53.4 Å². The van der Waals surface area contributed by atoms with Crippen molar-refractivity contribution < 1.29 is 9.90 Å². The van der Waals surface area contributed by atoms with Crippen molar-refractivity contribution in [3.63, 3.8) is 0 Å². The number of pyridine rings is 1. The first-order valence-corrected chi connectivity index (χ1v) is 7.03. The number of aromatic nitrogens is 1. The van der Waals surface area contributed by atoms with E-state index in [1.807, 2.05) is 0 Å². The maximum atomic E-state index is 12.4. The normalized spacial score (nSPS) is 23.2. The lowest BCUT2D eigenvalue weighted by Crippen LogP contribution is -2.46. The van der Waals surface area contributed by atoms with Crippen molar-refractivity contribution in [3.8, 4) is 0 Å². The van der Waals surface area contributed by atoms with Crippen molar-refractivity contribution in [2.24, 2.45) is 0 Å². The number of hydrogen-bond donors (Lipinski definition) is 1. The molecule has 0 saturated heterocycles. The number of amides is 1. The molecule has 0 aromatic carbocycles. The van der Waals surface area contributed by atoms with Crippen LogP contribution < -0.4 is 0 Å². The number of aliphatic hydroxyl groups is 1. The molecule has 1 aliphatic rings. The molecule has 1 aromatic rings. The Morgan fingerprint density at radius 3 is 2.68 bits per heavy atom. The molecule has 104 valence electrons. The molecule has 1 aromatic heterocycles. The van der Waals surface area contributed by atoms with E-state index in [1.54, 1.807) is 18.0 Å². The molecule has 19 heavy (non-hydrogen) atoms.